The fraction of sp³-hybridized carbons (Fsp3) is 1.00. The summed E-state index contributed by atoms with van der Waals surface area (Å²) < 4.78 is 10.3. The van der Waals surface area contributed by atoms with Crippen LogP contribution in [0.15, 0.2) is 0 Å². The third kappa shape index (κ3) is 2.80. The molecule has 0 aliphatic carbocycles. The van der Waals surface area contributed by atoms with E-state index in [-0.39, 0.29) is 0 Å². The highest BCUT2D eigenvalue weighted by atomic mass is 31.2. The van der Waals surface area contributed by atoms with Crippen LogP contribution in [0.1, 0.15) is 6.92 Å². The first-order chi connectivity index (χ1) is 2.94. The zero-order valence-electron chi connectivity index (χ0n) is 4.46. The van der Waals surface area contributed by atoms with Crippen molar-refractivity contribution in [3.63, 3.8) is 0 Å². The Morgan fingerprint density at radius 2 is 2.00 bits per heavy atom. The van der Waals surface area contributed by atoms with Crippen LogP contribution in [0.25, 0.3) is 0 Å². The van der Waals surface area contributed by atoms with E-state index in [1.165, 1.54) is 13.6 Å². The van der Waals surface area contributed by atoms with Gasteiger partial charge in [-0.2, -0.15) is 0 Å². The van der Waals surface area contributed by atoms with Crippen molar-refractivity contribution in [1.82, 2.24) is 0 Å². The Hall–Kier alpha value is 0.150. The van der Waals surface area contributed by atoms with E-state index in [2.05, 4.69) is 0 Å². The molecule has 0 aliphatic rings. The van der Waals surface area contributed by atoms with Crippen LogP contribution in [0, 0.1) is 0 Å². The topological polar surface area (TPSA) is 63.3 Å². The second-order valence-electron chi connectivity index (χ2n) is 1.68. The normalized spacial score (nSPS) is 23.4. The van der Waals surface area contributed by atoms with Crippen LogP contribution in [-0.2, 0) is 4.57 Å². The Bertz CT molecular complexity index is 95.1. The number of hydrogen-bond acceptors (Lipinski definition) is 2. The summed E-state index contributed by atoms with van der Waals surface area (Å²) in [4.78, 5) is 8.53. The molecule has 0 aliphatic heterocycles. The molecular formula is C3H10NO2P. The van der Waals surface area contributed by atoms with E-state index in [0.717, 1.165) is 0 Å². The first-order valence-electron chi connectivity index (χ1n) is 2.00. The number of nitrogens with two attached hydrogens (primary N) is 1. The zero-order valence-corrected chi connectivity index (χ0v) is 5.35. The molecule has 0 saturated carbocycles. The predicted octanol–water partition coefficient (Wildman–Crippen LogP) is 0.191. The molecule has 44 valence electrons. The molecule has 3 N–H and O–H groups in total. The summed E-state index contributed by atoms with van der Waals surface area (Å²) in [7, 11) is -2.96. The molecule has 0 aromatic carbocycles. The molecular weight excluding hydrogens is 113 g/mol. The molecule has 0 bridgehead atoms. The highest BCUT2D eigenvalue weighted by molar-refractivity contribution is 7.57. The van der Waals surface area contributed by atoms with Crippen molar-refractivity contribution in [1.29, 1.82) is 0 Å². The van der Waals surface area contributed by atoms with Gasteiger partial charge in [0, 0.05) is 6.66 Å². The van der Waals surface area contributed by atoms with Crippen molar-refractivity contribution < 1.29 is 9.46 Å². The van der Waals surface area contributed by atoms with E-state index in [1.54, 1.807) is 0 Å². The van der Waals surface area contributed by atoms with Gasteiger partial charge in [0.1, 0.15) is 0 Å². The zero-order chi connectivity index (χ0) is 6.08. The lowest BCUT2D eigenvalue weighted by molar-refractivity contribution is 0.474. The maximum Gasteiger partial charge on any atom is 0.213 e. The van der Waals surface area contributed by atoms with Crippen molar-refractivity contribution in [2.24, 2.45) is 5.73 Å². The summed E-state index contributed by atoms with van der Waals surface area (Å²) in [5.74, 6) is -0.590. The number of rotatable bonds is 1. The Balaban J connectivity index is 3.80. The van der Waals surface area contributed by atoms with Gasteiger partial charge in [0.15, 0.2) is 0 Å². The molecule has 0 saturated heterocycles. The fourth-order valence-electron chi connectivity index (χ4n) is 0. The molecule has 2 atom stereocenters. The number of hydrogen-bond donors (Lipinski definition) is 2. The van der Waals surface area contributed by atoms with Crippen LogP contribution in [-0.4, -0.2) is 17.3 Å². The SMILES string of the molecule is CC(N)P(C)(=O)O. The Morgan fingerprint density at radius 1 is 1.86 bits per heavy atom. The third-order valence-corrected chi connectivity index (χ3v) is 2.27. The average Bonchev–Trinajstić information content (AvgIpc) is 1.31. The molecule has 0 aromatic heterocycles. The minimum Gasteiger partial charge on any atom is -0.343 e. The average molecular weight is 123 g/mol. The van der Waals surface area contributed by atoms with Gasteiger partial charge in [0.25, 0.3) is 0 Å². The van der Waals surface area contributed by atoms with Crippen LogP contribution < -0.4 is 5.73 Å². The van der Waals surface area contributed by atoms with Crippen molar-refractivity contribution in [2.45, 2.75) is 12.7 Å². The predicted molar refractivity (Wildman–Crippen MR) is 29.4 cm³/mol. The van der Waals surface area contributed by atoms with Crippen LogP contribution in [0.3, 0.4) is 0 Å². The summed E-state index contributed by atoms with van der Waals surface area (Å²) in [6, 6.07) is 0. The molecule has 3 nitrogen and oxygen atoms in total. The molecule has 7 heavy (non-hydrogen) atoms. The van der Waals surface area contributed by atoms with Gasteiger partial charge in [0.2, 0.25) is 7.37 Å². The molecule has 0 radical (unpaired) electrons. The standard InChI is InChI=1S/C3H10NO2P/c1-3(4)7(2,5)6/h3H,4H2,1-2H3,(H,5,6). The highest BCUT2D eigenvalue weighted by Gasteiger charge is 2.14. The summed E-state index contributed by atoms with van der Waals surface area (Å²) >= 11 is 0. The summed E-state index contributed by atoms with van der Waals surface area (Å²) in [6.45, 7) is 2.76. The Morgan fingerprint density at radius 3 is 2.00 bits per heavy atom. The second-order valence-corrected chi connectivity index (χ2v) is 4.39. The van der Waals surface area contributed by atoms with Gasteiger partial charge >= 0.3 is 0 Å². The van der Waals surface area contributed by atoms with Gasteiger partial charge in [-0.1, -0.05) is 0 Å². The van der Waals surface area contributed by atoms with Gasteiger partial charge in [-0.05, 0) is 6.92 Å². The van der Waals surface area contributed by atoms with Gasteiger partial charge in [-0.15, -0.1) is 0 Å². The minimum atomic E-state index is -2.96. The maximum absolute atomic E-state index is 10.3. The third-order valence-electron chi connectivity index (χ3n) is 0.756. The van der Waals surface area contributed by atoms with E-state index in [4.69, 9.17) is 10.6 Å². The van der Waals surface area contributed by atoms with Crippen molar-refractivity contribution in [2.75, 3.05) is 6.66 Å². The van der Waals surface area contributed by atoms with Crippen LogP contribution in [0.2, 0.25) is 0 Å². The quantitative estimate of drug-likeness (QED) is 0.489. The van der Waals surface area contributed by atoms with Crippen LogP contribution >= 0.6 is 7.37 Å². The Kier molecular flexibility index (Phi) is 1.99. The van der Waals surface area contributed by atoms with E-state index in [0.29, 0.717) is 0 Å². The van der Waals surface area contributed by atoms with E-state index in [9.17, 15) is 4.57 Å². The lowest BCUT2D eigenvalue weighted by Crippen LogP contribution is -2.13. The van der Waals surface area contributed by atoms with Gasteiger partial charge in [-0.3, -0.25) is 4.57 Å². The van der Waals surface area contributed by atoms with Crippen LogP contribution in [0.4, 0.5) is 0 Å². The molecule has 0 amide bonds. The lowest BCUT2D eigenvalue weighted by atomic mass is 10.8. The smallest absolute Gasteiger partial charge is 0.213 e. The van der Waals surface area contributed by atoms with Gasteiger partial charge in [0.05, 0.1) is 5.78 Å². The minimum absolute atomic E-state index is 0.590. The molecule has 4 heteroatoms. The second kappa shape index (κ2) is 1.95. The Labute approximate surface area is 43.0 Å². The molecule has 0 fully saturated rings. The van der Waals surface area contributed by atoms with Crippen molar-refractivity contribution in [3.05, 3.63) is 0 Å². The monoisotopic (exact) mass is 123 g/mol. The maximum atomic E-state index is 10.3. The molecule has 2 unspecified atom stereocenters. The van der Waals surface area contributed by atoms with Gasteiger partial charge in [-0.25, -0.2) is 0 Å². The van der Waals surface area contributed by atoms with Gasteiger partial charge < -0.3 is 10.6 Å². The van der Waals surface area contributed by atoms with E-state index < -0.39 is 13.2 Å². The molecule has 0 spiro atoms. The lowest BCUT2D eigenvalue weighted by Gasteiger charge is -2.06. The molecule has 0 heterocycles. The van der Waals surface area contributed by atoms with E-state index >= 15 is 0 Å². The van der Waals surface area contributed by atoms with Crippen molar-refractivity contribution in [3.8, 4) is 0 Å². The van der Waals surface area contributed by atoms with Crippen LogP contribution in [0.5, 0.6) is 0 Å². The summed E-state index contributed by atoms with van der Waals surface area (Å²) in [5, 5.41) is 0. The molecule has 0 aromatic rings. The van der Waals surface area contributed by atoms with E-state index in [1.807, 2.05) is 0 Å². The highest BCUT2D eigenvalue weighted by Crippen LogP contribution is 2.37. The first-order valence-corrected chi connectivity index (χ1v) is 4.17. The summed E-state index contributed by atoms with van der Waals surface area (Å²) in [6.07, 6.45) is 0. The fourth-order valence-corrected chi connectivity index (χ4v) is 0. The summed E-state index contributed by atoms with van der Waals surface area (Å²) in [5.41, 5.74) is 5.06. The molecule has 0 rings (SSSR count). The van der Waals surface area contributed by atoms with Crippen molar-refractivity contribution >= 4 is 7.37 Å². The first kappa shape index (κ1) is 7.15. The largest absolute Gasteiger partial charge is 0.343 e.